The molecule has 1 aromatic rings. The predicted octanol–water partition coefficient (Wildman–Crippen LogP) is 2.47. The second kappa shape index (κ2) is 4.47. The lowest BCUT2D eigenvalue weighted by Gasteiger charge is -2.23. The normalized spacial score (nSPS) is 28.6. The Morgan fingerprint density at radius 1 is 1.21 bits per heavy atom. The average molecular weight is 266 g/mol. The van der Waals surface area contributed by atoms with Crippen LogP contribution in [0, 0.1) is 23.5 Å². The molecule has 2 saturated carbocycles. The smallest absolute Gasteiger partial charge is 0.251 e. The minimum Gasteiger partial charge on any atom is -0.394 e. The average Bonchev–Trinajstić information content (AvgIpc) is 2.97. The number of rotatable bonds is 2. The number of nitrogen functional groups attached to an aromatic ring is 1. The number of benzene rings is 1. The summed E-state index contributed by atoms with van der Waals surface area (Å²) in [4.78, 5) is 12.0. The topological polar surface area (TPSA) is 55.1 Å². The Bertz CT molecular complexity index is 509. The number of nitrogens with one attached hydrogen (secondary N) is 1. The summed E-state index contributed by atoms with van der Waals surface area (Å²) in [6.45, 7) is 0. The third-order valence-electron chi connectivity index (χ3n) is 4.40. The number of amides is 1. The number of carbonyl (C=O) groups excluding carboxylic acids is 1. The van der Waals surface area contributed by atoms with E-state index in [0.717, 1.165) is 31.4 Å². The first-order valence-corrected chi connectivity index (χ1v) is 6.60. The van der Waals surface area contributed by atoms with Gasteiger partial charge in [-0.1, -0.05) is 6.42 Å². The van der Waals surface area contributed by atoms with E-state index in [1.807, 2.05) is 0 Å². The van der Waals surface area contributed by atoms with Crippen LogP contribution in [-0.2, 0) is 0 Å². The van der Waals surface area contributed by atoms with Crippen LogP contribution < -0.4 is 11.1 Å². The number of anilines is 1. The molecule has 2 aliphatic carbocycles. The van der Waals surface area contributed by atoms with E-state index in [-0.39, 0.29) is 11.6 Å². The van der Waals surface area contributed by atoms with Crippen molar-refractivity contribution < 1.29 is 13.6 Å². The molecule has 3 rings (SSSR count). The van der Waals surface area contributed by atoms with E-state index >= 15 is 0 Å². The van der Waals surface area contributed by atoms with Crippen LogP contribution in [0.4, 0.5) is 14.5 Å². The van der Waals surface area contributed by atoms with Gasteiger partial charge in [0, 0.05) is 11.6 Å². The largest absolute Gasteiger partial charge is 0.394 e. The Morgan fingerprint density at radius 2 is 1.89 bits per heavy atom. The van der Waals surface area contributed by atoms with Crippen molar-refractivity contribution in [3.63, 3.8) is 0 Å². The maximum atomic E-state index is 13.3. The molecule has 2 aliphatic rings. The van der Waals surface area contributed by atoms with Gasteiger partial charge in [0.15, 0.2) is 0 Å². The Hall–Kier alpha value is -1.65. The molecule has 0 aromatic heterocycles. The number of hydrogen-bond donors (Lipinski definition) is 2. The van der Waals surface area contributed by atoms with Crippen molar-refractivity contribution in [2.45, 2.75) is 31.7 Å². The van der Waals surface area contributed by atoms with Crippen molar-refractivity contribution in [2.75, 3.05) is 5.73 Å². The Kier molecular flexibility index (Phi) is 2.92. The van der Waals surface area contributed by atoms with Gasteiger partial charge in [-0.05, 0) is 43.2 Å². The maximum Gasteiger partial charge on any atom is 0.251 e. The SMILES string of the molecule is Nc1c(F)cc(C(=O)NC2CC3CCC2C3)cc1F. The van der Waals surface area contributed by atoms with Gasteiger partial charge >= 0.3 is 0 Å². The van der Waals surface area contributed by atoms with Crippen LogP contribution in [-0.4, -0.2) is 11.9 Å². The van der Waals surface area contributed by atoms with Crippen LogP contribution in [0.3, 0.4) is 0 Å². The van der Waals surface area contributed by atoms with Crippen LogP contribution >= 0.6 is 0 Å². The third-order valence-corrected chi connectivity index (χ3v) is 4.40. The third kappa shape index (κ3) is 2.17. The molecule has 0 spiro atoms. The molecule has 1 aromatic carbocycles. The first-order chi connectivity index (χ1) is 9.04. The molecule has 3 atom stereocenters. The molecule has 1 amide bonds. The van der Waals surface area contributed by atoms with Gasteiger partial charge in [0.05, 0.1) is 0 Å². The monoisotopic (exact) mass is 266 g/mol. The van der Waals surface area contributed by atoms with Gasteiger partial charge < -0.3 is 11.1 Å². The number of carbonyl (C=O) groups is 1. The summed E-state index contributed by atoms with van der Waals surface area (Å²) in [6, 6.07) is 2.12. The highest BCUT2D eigenvalue weighted by Crippen LogP contribution is 2.44. The van der Waals surface area contributed by atoms with Gasteiger partial charge in [-0.3, -0.25) is 4.79 Å². The molecule has 5 heteroatoms. The molecule has 0 saturated heterocycles. The summed E-state index contributed by atoms with van der Waals surface area (Å²) in [5.74, 6) is -0.973. The van der Waals surface area contributed by atoms with Crippen molar-refractivity contribution in [2.24, 2.45) is 11.8 Å². The minimum atomic E-state index is -0.891. The van der Waals surface area contributed by atoms with Gasteiger partial charge in [-0.25, -0.2) is 8.78 Å². The molecule has 3 unspecified atom stereocenters. The second-order valence-corrected chi connectivity index (χ2v) is 5.61. The molecule has 0 heterocycles. The van der Waals surface area contributed by atoms with Gasteiger partial charge in [-0.15, -0.1) is 0 Å². The Labute approximate surface area is 110 Å². The molecular weight excluding hydrogens is 250 g/mol. The Balaban J connectivity index is 1.74. The van der Waals surface area contributed by atoms with Crippen molar-refractivity contribution in [3.05, 3.63) is 29.3 Å². The standard InChI is InChI=1S/C14H16F2N2O/c15-10-5-9(6-11(16)13(10)17)14(19)18-12-4-7-1-2-8(12)3-7/h5-8,12H,1-4,17H2,(H,18,19). The highest BCUT2D eigenvalue weighted by molar-refractivity contribution is 5.94. The predicted molar refractivity (Wildman–Crippen MR) is 67.5 cm³/mol. The van der Waals surface area contributed by atoms with Crippen molar-refractivity contribution in [1.82, 2.24) is 5.32 Å². The van der Waals surface area contributed by atoms with E-state index in [9.17, 15) is 13.6 Å². The van der Waals surface area contributed by atoms with Crippen molar-refractivity contribution in [1.29, 1.82) is 0 Å². The lowest BCUT2D eigenvalue weighted by Crippen LogP contribution is -2.38. The van der Waals surface area contributed by atoms with Gasteiger partial charge in [0.25, 0.3) is 5.91 Å². The zero-order chi connectivity index (χ0) is 13.6. The minimum absolute atomic E-state index is 0.00743. The second-order valence-electron chi connectivity index (χ2n) is 5.61. The highest BCUT2D eigenvalue weighted by Gasteiger charge is 2.40. The molecule has 2 fully saturated rings. The number of hydrogen-bond acceptors (Lipinski definition) is 2. The summed E-state index contributed by atoms with van der Waals surface area (Å²) in [7, 11) is 0. The molecule has 3 nitrogen and oxygen atoms in total. The fourth-order valence-corrected chi connectivity index (χ4v) is 3.39. The van der Waals surface area contributed by atoms with E-state index in [4.69, 9.17) is 5.73 Å². The zero-order valence-electron chi connectivity index (χ0n) is 10.5. The molecule has 0 aliphatic heterocycles. The maximum absolute atomic E-state index is 13.3. The zero-order valence-corrected chi connectivity index (χ0v) is 10.5. The number of halogens is 2. The van der Waals surface area contributed by atoms with E-state index in [1.165, 1.54) is 6.42 Å². The molecule has 19 heavy (non-hydrogen) atoms. The van der Waals surface area contributed by atoms with E-state index < -0.39 is 23.2 Å². The Morgan fingerprint density at radius 3 is 2.42 bits per heavy atom. The highest BCUT2D eigenvalue weighted by atomic mass is 19.1. The first-order valence-electron chi connectivity index (χ1n) is 6.60. The van der Waals surface area contributed by atoms with Crippen molar-refractivity contribution in [3.8, 4) is 0 Å². The van der Waals surface area contributed by atoms with Crippen LogP contribution in [0.1, 0.15) is 36.0 Å². The summed E-state index contributed by atoms with van der Waals surface area (Å²) in [5, 5.41) is 2.89. The summed E-state index contributed by atoms with van der Waals surface area (Å²) >= 11 is 0. The van der Waals surface area contributed by atoms with E-state index in [1.54, 1.807) is 0 Å². The van der Waals surface area contributed by atoms with Crippen LogP contribution in [0.2, 0.25) is 0 Å². The van der Waals surface area contributed by atoms with Gasteiger partial charge in [0.1, 0.15) is 17.3 Å². The fourth-order valence-electron chi connectivity index (χ4n) is 3.39. The van der Waals surface area contributed by atoms with Crippen LogP contribution in [0.5, 0.6) is 0 Å². The molecule has 2 bridgehead atoms. The molecular formula is C14H16F2N2O. The number of nitrogens with two attached hydrogens (primary N) is 1. The van der Waals surface area contributed by atoms with E-state index in [2.05, 4.69) is 5.32 Å². The van der Waals surface area contributed by atoms with E-state index in [0.29, 0.717) is 11.8 Å². The summed E-state index contributed by atoms with van der Waals surface area (Å²) in [5.41, 5.74) is 4.63. The number of fused-ring (bicyclic) bond motifs is 2. The lowest BCUT2D eigenvalue weighted by atomic mass is 9.95. The first kappa shape index (κ1) is 12.4. The lowest BCUT2D eigenvalue weighted by molar-refractivity contribution is 0.0922. The summed E-state index contributed by atoms with van der Waals surface area (Å²) in [6.07, 6.45) is 4.52. The molecule has 102 valence electrons. The van der Waals surface area contributed by atoms with Crippen molar-refractivity contribution >= 4 is 11.6 Å². The quantitative estimate of drug-likeness (QED) is 0.808. The fraction of sp³-hybridized carbons (Fsp3) is 0.500. The molecule has 3 N–H and O–H groups in total. The van der Waals surface area contributed by atoms with Crippen LogP contribution in [0.25, 0.3) is 0 Å². The van der Waals surface area contributed by atoms with Gasteiger partial charge in [0.2, 0.25) is 0 Å². The molecule has 0 radical (unpaired) electrons. The van der Waals surface area contributed by atoms with Gasteiger partial charge in [-0.2, -0.15) is 0 Å². The van der Waals surface area contributed by atoms with Crippen LogP contribution in [0.15, 0.2) is 12.1 Å². The summed E-state index contributed by atoms with van der Waals surface area (Å²) < 4.78 is 26.6.